The van der Waals surface area contributed by atoms with Crippen molar-refractivity contribution in [2.75, 3.05) is 44.9 Å². The van der Waals surface area contributed by atoms with E-state index in [1.54, 1.807) is 12.1 Å². The van der Waals surface area contributed by atoms with Crippen LogP contribution in [0.25, 0.3) is 16.8 Å². The lowest BCUT2D eigenvalue weighted by Gasteiger charge is -2.20. The lowest BCUT2D eigenvalue weighted by molar-refractivity contribution is -0.141. The minimum Gasteiger partial charge on any atom is -0.492 e. The SMILES string of the molecule is COC(=O)CN(C)CCOc1ccc(-c2ccc(NC(=O)CSc3nnnn3-c3ccc(C(C)(C)C)cc3Cl)c(Cl)c2)cc1. The number of anilines is 1. The van der Waals surface area contributed by atoms with Gasteiger partial charge in [0.05, 0.1) is 40.8 Å². The Kier molecular flexibility index (Phi) is 11.3. The molecule has 4 rings (SSSR count). The van der Waals surface area contributed by atoms with E-state index in [1.165, 1.54) is 23.6 Å². The maximum atomic E-state index is 12.8. The summed E-state index contributed by atoms with van der Waals surface area (Å²) in [4.78, 5) is 26.0. The number of benzene rings is 3. The van der Waals surface area contributed by atoms with Crippen LogP contribution in [-0.4, -0.2) is 76.6 Å². The molecule has 0 bridgehead atoms. The van der Waals surface area contributed by atoms with Gasteiger partial charge in [0, 0.05) is 6.54 Å². The zero-order valence-corrected chi connectivity index (χ0v) is 27.5. The third kappa shape index (κ3) is 8.95. The van der Waals surface area contributed by atoms with Gasteiger partial charge < -0.3 is 14.8 Å². The molecule has 4 aromatic rings. The molecule has 1 N–H and O–H groups in total. The predicted molar refractivity (Wildman–Crippen MR) is 174 cm³/mol. The highest BCUT2D eigenvalue weighted by atomic mass is 35.5. The summed E-state index contributed by atoms with van der Waals surface area (Å²) in [5, 5.41) is 16.1. The second-order valence-electron chi connectivity index (χ2n) is 11.0. The van der Waals surface area contributed by atoms with Crippen molar-refractivity contribution in [3.05, 3.63) is 76.3 Å². The molecule has 0 aliphatic carbocycles. The van der Waals surface area contributed by atoms with Gasteiger partial charge in [-0.15, -0.1) is 5.10 Å². The fourth-order valence-electron chi connectivity index (χ4n) is 4.10. The molecule has 0 saturated heterocycles. The average molecular weight is 658 g/mol. The summed E-state index contributed by atoms with van der Waals surface area (Å²) in [6, 6.07) is 18.8. The number of hydrogen-bond acceptors (Lipinski definition) is 9. The highest BCUT2D eigenvalue weighted by Gasteiger charge is 2.19. The third-order valence-corrected chi connectivity index (χ3v) is 8.15. The summed E-state index contributed by atoms with van der Waals surface area (Å²) < 4.78 is 12.0. The van der Waals surface area contributed by atoms with Crippen LogP contribution in [0, 0.1) is 0 Å². The molecule has 0 aliphatic rings. The fraction of sp³-hybridized carbons (Fsp3) is 0.323. The van der Waals surface area contributed by atoms with E-state index in [0.29, 0.717) is 45.5 Å². The molecule has 0 atom stereocenters. The average Bonchev–Trinajstić information content (AvgIpc) is 3.45. The van der Waals surface area contributed by atoms with Crippen LogP contribution < -0.4 is 10.1 Å². The number of nitrogens with zero attached hydrogens (tertiary/aromatic N) is 5. The van der Waals surface area contributed by atoms with Crippen LogP contribution in [0.15, 0.2) is 65.8 Å². The first-order chi connectivity index (χ1) is 20.9. The Bertz CT molecular complexity index is 1610. The lowest BCUT2D eigenvalue weighted by atomic mass is 9.87. The molecule has 3 aromatic carbocycles. The Morgan fingerprint density at radius 2 is 1.73 bits per heavy atom. The zero-order valence-electron chi connectivity index (χ0n) is 25.1. The van der Waals surface area contributed by atoms with Gasteiger partial charge in [-0.1, -0.05) is 80.0 Å². The predicted octanol–water partition coefficient (Wildman–Crippen LogP) is 6.15. The summed E-state index contributed by atoms with van der Waals surface area (Å²) >= 11 is 14.3. The van der Waals surface area contributed by atoms with Gasteiger partial charge in [-0.3, -0.25) is 14.5 Å². The van der Waals surface area contributed by atoms with Crippen LogP contribution in [-0.2, 0) is 19.7 Å². The molecule has 44 heavy (non-hydrogen) atoms. The van der Waals surface area contributed by atoms with Gasteiger partial charge in [-0.25, -0.2) is 0 Å². The number of nitrogens with one attached hydrogen (secondary N) is 1. The number of thioether (sulfide) groups is 1. The highest BCUT2D eigenvalue weighted by molar-refractivity contribution is 7.99. The largest absolute Gasteiger partial charge is 0.492 e. The molecule has 0 unspecified atom stereocenters. The van der Waals surface area contributed by atoms with E-state index in [4.69, 9.17) is 27.9 Å². The van der Waals surface area contributed by atoms with Gasteiger partial charge in [-0.2, -0.15) is 4.68 Å². The Hall–Kier alpha value is -3.64. The number of carbonyl (C=O) groups is 2. The third-order valence-electron chi connectivity index (χ3n) is 6.61. The molecule has 0 aliphatic heterocycles. The molecule has 0 spiro atoms. The van der Waals surface area contributed by atoms with Crippen LogP contribution in [0.5, 0.6) is 5.75 Å². The number of likely N-dealkylation sites (N-methyl/N-ethyl adjacent to an activating group) is 1. The Labute approximate surface area is 271 Å². The topological polar surface area (TPSA) is 111 Å². The minimum atomic E-state index is -0.289. The normalized spacial score (nSPS) is 11.5. The summed E-state index contributed by atoms with van der Waals surface area (Å²) in [6.45, 7) is 7.55. The van der Waals surface area contributed by atoms with Crippen molar-refractivity contribution < 1.29 is 19.1 Å². The van der Waals surface area contributed by atoms with Gasteiger partial charge in [0.25, 0.3) is 0 Å². The number of carbonyl (C=O) groups excluding carboxylic acids is 2. The number of halogens is 2. The molecular formula is C31H34Cl2N6O4S. The number of esters is 1. The van der Waals surface area contributed by atoms with Crippen molar-refractivity contribution in [2.45, 2.75) is 31.3 Å². The number of tetrazole rings is 1. The Balaban J connectivity index is 1.31. The maximum Gasteiger partial charge on any atom is 0.319 e. The number of ether oxygens (including phenoxy) is 2. The second kappa shape index (κ2) is 14.9. The van der Waals surface area contributed by atoms with Gasteiger partial charge in [0.1, 0.15) is 12.4 Å². The van der Waals surface area contributed by atoms with Crippen molar-refractivity contribution in [3.8, 4) is 22.6 Å². The fourth-order valence-corrected chi connectivity index (χ4v) is 5.28. The van der Waals surface area contributed by atoms with Crippen molar-refractivity contribution in [3.63, 3.8) is 0 Å². The number of aromatic nitrogens is 4. The Morgan fingerprint density at radius 1 is 1.00 bits per heavy atom. The van der Waals surface area contributed by atoms with E-state index in [-0.39, 0.29) is 29.6 Å². The van der Waals surface area contributed by atoms with Gasteiger partial charge >= 0.3 is 5.97 Å². The molecular weight excluding hydrogens is 623 g/mol. The summed E-state index contributed by atoms with van der Waals surface area (Å²) in [5.74, 6) is 0.230. The molecule has 13 heteroatoms. The molecule has 0 radical (unpaired) electrons. The molecule has 0 fully saturated rings. The Morgan fingerprint density at radius 3 is 2.39 bits per heavy atom. The number of methoxy groups -OCH3 is 1. The van der Waals surface area contributed by atoms with Crippen LogP contribution in [0.1, 0.15) is 26.3 Å². The van der Waals surface area contributed by atoms with Crippen molar-refractivity contribution in [1.82, 2.24) is 25.1 Å². The van der Waals surface area contributed by atoms with E-state index in [0.717, 1.165) is 16.7 Å². The first kappa shape index (κ1) is 33.3. The minimum absolute atomic E-state index is 0.0512. The quantitative estimate of drug-likeness (QED) is 0.142. The summed E-state index contributed by atoms with van der Waals surface area (Å²) in [5.41, 5.74) is 4.00. The van der Waals surface area contributed by atoms with E-state index in [2.05, 4.69) is 46.4 Å². The van der Waals surface area contributed by atoms with E-state index < -0.39 is 0 Å². The molecule has 0 saturated carbocycles. The van der Waals surface area contributed by atoms with Crippen LogP contribution in [0.2, 0.25) is 10.0 Å². The number of hydrogen-bond donors (Lipinski definition) is 1. The van der Waals surface area contributed by atoms with Crippen LogP contribution in [0.4, 0.5) is 5.69 Å². The van der Waals surface area contributed by atoms with E-state index >= 15 is 0 Å². The molecule has 1 heterocycles. The standard InChI is InChI=1S/C31H34Cl2N6O4S/c1-31(2,3)22-9-13-27(25(33)17-22)39-30(35-36-37-39)44-19-28(40)34-26-12-8-21(16-24(26)32)20-6-10-23(11-7-20)43-15-14-38(4)18-29(41)42-5/h6-13,16-17H,14-15,18-19H2,1-5H3,(H,34,40). The van der Waals surface area contributed by atoms with Gasteiger partial charge in [0.2, 0.25) is 11.1 Å². The van der Waals surface area contributed by atoms with E-state index in [1.807, 2.05) is 60.5 Å². The summed E-state index contributed by atoms with van der Waals surface area (Å²) in [7, 11) is 3.19. The van der Waals surface area contributed by atoms with Gasteiger partial charge in [0.15, 0.2) is 0 Å². The number of rotatable bonds is 12. The van der Waals surface area contributed by atoms with Crippen LogP contribution in [0.3, 0.4) is 0 Å². The van der Waals surface area contributed by atoms with Crippen molar-refractivity contribution in [1.29, 1.82) is 0 Å². The molecule has 232 valence electrons. The maximum absolute atomic E-state index is 12.8. The molecule has 10 nitrogen and oxygen atoms in total. The van der Waals surface area contributed by atoms with Crippen molar-refractivity contribution >= 4 is 52.5 Å². The first-order valence-corrected chi connectivity index (χ1v) is 15.5. The van der Waals surface area contributed by atoms with Crippen LogP contribution >= 0.6 is 35.0 Å². The van der Waals surface area contributed by atoms with Gasteiger partial charge in [-0.05, 0) is 76.0 Å². The molecule has 1 amide bonds. The number of amides is 1. The highest BCUT2D eigenvalue weighted by Crippen LogP contribution is 2.32. The monoisotopic (exact) mass is 656 g/mol. The first-order valence-electron chi connectivity index (χ1n) is 13.7. The van der Waals surface area contributed by atoms with Crippen molar-refractivity contribution in [2.24, 2.45) is 0 Å². The molecule has 1 aromatic heterocycles. The second-order valence-corrected chi connectivity index (χ2v) is 12.8. The van der Waals surface area contributed by atoms with E-state index in [9.17, 15) is 9.59 Å². The zero-order chi connectivity index (χ0) is 31.9. The summed E-state index contributed by atoms with van der Waals surface area (Å²) in [6.07, 6.45) is 0. The lowest BCUT2D eigenvalue weighted by Crippen LogP contribution is -2.30. The smallest absolute Gasteiger partial charge is 0.319 e.